The van der Waals surface area contributed by atoms with Crippen molar-refractivity contribution in [2.75, 3.05) is 0 Å². The summed E-state index contributed by atoms with van der Waals surface area (Å²) in [5, 5.41) is 0. The second-order valence-corrected chi connectivity index (χ2v) is 8.71. The number of hydrogen-bond donors (Lipinski definition) is 0. The number of aryl methyl sites for hydroxylation is 1. The van der Waals surface area contributed by atoms with Crippen molar-refractivity contribution >= 4 is 17.7 Å². The van der Waals surface area contributed by atoms with Gasteiger partial charge in [-0.25, -0.2) is 4.79 Å². The minimum atomic E-state index is -0.612. The van der Waals surface area contributed by atoms with E-state index in [9.17, 15) is 14.4 Å². The summed E-state index contributed by atoms with van der Waals surface area (Å²) < 4.78 is 17.0. The van der Waals surface area contributed by atoms with Gasteiger partial charge < -0.3 is 13.9 Å². The third-order valence-electron chi connectivity index (χ3n) is 6.81. The quantitative estimate of drug-likeness (QED) is 0.536. The molecule has 0 radical (unpaired) electrons. The number of hydrogen-bond acceptors (Lipinski definition) is 6. The maximum Gasteiger partial charge on any atom is 0.331 e. The molecular formula is C23H30O6. The van der Waals surface area contributed by atoms with Gasteiger partial charge in [-0.05, 0) is 44.6 Å². The Balaban J connectivity index is 2.05. The van der Waals surface area contributed by atoms with E-state index in [0.29, 0.717) is 18.4 Å². The molecular weight excluding hydrogens is 372 g/mol. The molecule has 6 heteroatoms. The predicted octanol–water partition coefficient (Wildman–Crippen LogP) is 4.71. The first-order valence-electron chi connectivity index (χ1n) is 10.3. The normalized spacial score (nSPS) is 31.7. The molecule has 6 nitrogen and oxygen atoms in total. The lowest BCUT2D eigenvalue weighted by molar-refractivity contribution is -0.169. The number of furan rings is 1. The molecule has 1 aromatic heterocycles. The number of fused-ring (bicyclic) bond motifs is 2. The van der Waals surface area contributed by atoms with Crippen LogP contribution in [0.15, 0.2) is 22.3 Å². The lowest BCUT2D eigenvalue weighted by atomic mass is 9.53. The van der Waals surface area contributed by atoms with E-state index in [-0.39, 0.29) is 29.5 Å². The average molecular weight is 402 g/mol. The molecule has 1 heterocycles. The molecule has 0 aromatic carbocycles. The van der Waals surface area contributed by atoms with E-state index < -0.39 is 23.4 Å². The Bertz CT molecular complexity index is 863. The summed E-state index contributed by atoms with van der Waals surface area (Å²) in [6, 6.07) is 0. The molecule has 29 heavy (non-hydrogen) atoms. The topological polar surface area (TPSA) is 82.8 Å². The van der Waals surface area contributed by atoms with E-state index in [1.165, 1.54) is 13.0 Å². The molecule has 0 aliphatic heterocycles. The monoisotopic (exact) mass is 402 g/mol. The molecule has 1 aromatic rings. The first-order chi connectivity index (χ1) is 13.6. The highest BCUT2D eigenvalue weighted by Crippen LogP contribution is 2.59. The molecule has 5 unspecified atom stereocenters. The number of ether oxygens (including phenoxy) is 2. The molecule has 0 N–H and O–H groups in total. The van der Waals surface area contributed by atoms with Crippen LogP contribution in [0.3, 0.4) is 0 Å². The van der Waals surface area contributed by atoms with E-state index in [2.05, 4.69) is 0 Å². The third kappa shape index (κ3) is 3.65. The Labute approximate surface area is 171 Å². The van der Waals surface area contributed by atoms with Crippen LogP contribution >= 0.6 is 0 Å². The minimum absolute atomic E-state index is 0.00829. The second kappa shape index (κ2) is 7.81. The van der Waals surface area contributed by atoms with E-state index in [1.807, 2.05) is 34.6 Å². The first kappa shape index (κ1) is 21.3. The molecule has 5 atom stereocenters. The van der Waals surface area contributed by atoms with Crippen molar-refractivity contribution in [2.45, 2.75) is 73.0 Å². The van der Waals surface area contributed by atoms with E-state index in [0.717, 1.165) is 17.6 Å². The largest absolute Gasteiger partial charge is 0.463 e. The van der Waals surface area contributed by atoms with Gasteiger partial charge in [0.15, 0.2) is 5.76 Å². The number of carbonyl (C=O) groups excluding carboxylic acids is 3. The van der Waals surface area contributed by atoms with Crippen molar-refractivity contribution in [3.8, 4) is 0 Å². The van der Waals surface area contributed by atoms with Crippen LogP contribution in [0.25, 0.3) is 0 Å². The van der Waals surface area contributed by atoms with Crippen molar-refractivity contribution in [1.29, 1.82) is 0 Å². The molecule has 0 spiro atoms. The van der Waals surface area contributed by atoms with E-state index >= 15 is 0 Å². The van der Waals surface area contributed by atoms with Gasteiger partial charge in [0.2, 0.25) is 5.78 Å². The smallest absolute Gasteiger partial charge is 0.331 e. The standard InChI is InChI=1S/C23H30O6/c1-7-12(2)8-18(25)29-22-19-13(3)11-27-21(19)20(26)17-10-16(28-15(5)24)9-14(4)23(17,22)6/h8,11,14,16-17,22H,7,9-10H2,1-6H3. The highest BCUT2D eigenvalue weighted by Gasteiger charge is 2.60. The van der Waals surface area contributed by atoms with Crippen molar-refractivity contribution < 1.29 is 28.3 Å². The summed E-state index contributed by atoms with van der Waals surface area (Å²) in [5.41, 5.74) is 1.79. The summed E-state index contributed by atoms with van der Waals surface area (Å²) in [6.07, 6.45) is 3.90. The molecule has 1 fully saturated rings. The van der Waals surface area contributed by atoms with Crippen LogP contribution in [0.2, 0.25) is 0 Å². The molecule has 158 valence electrons. The molecule has 0 saturated heterocycles. The van der Waals surface area contributed by atoms with Gasteiger partial charge in [0.25, 0.3) is 0 Å². The van der Waals surface area contributed by atoms with E-state index in [4.69, 9.17) is 13.9 Å². The van der Waals surface area contributed by atoms with Crippen LogP contribution < -0.4 is 0 Å². The van der Waals surface area contributed by atoms with Crippen molar-refractivity contribution in [1.82, 2.24) is 0 Å². The number of esters is 2. The molecule has 0 bridgehead atoms. The number of rotatable bonds is 4. The Hall–Kier alpha value is -2.37. The van der Waals surface area contributed by atoms with Gasteiger partial charge in [-0.3, -0.25) is 9.59 Å². The van der Waals surface area contributed by atoms with Gasteiger partial charge >= 0.3 is 11.9 Å². The molecule has 2 aliphatic carbocycles. The summed E-state index contributed by atoms with van der Waals surface area (Å²) >= 11 is 0. The maximum atomic E-state index is 13.3. The van der Waals surface area contributed by atoms with Crippen LogP contribution in [0, 0.1) is 24.2 Å². The summed E-state index contributed by atoms with van der Waals surface area (Å²) in [4.78, 5) is 37.5. The van der Waals surface area contributed by atoms with Gasteiger partial charge in [-0.1, -0.05) is 26.3 Å². The highest BCUT2D eigenvalue weighted by atomic mass is 16.5. The zero-order chi connectivity index (χ0) is 21.5. The van der Waals surface area contributed by atoms with Gasteiger partial charge in [0.05, 0.1) is 6.26 Å². The second-order valence-electron chi connectivity index (χ2n) is 8.71. The van der Waals surface area contributed by atoms with Crippen molar-refractivity contribution in [3.05, 3.63) is 34.8 Å². The van der Waals surface area contributed by atoms with Crippen LogP contribution in [-0.4, -0.2) is 23.8 Å². The summed E-state index contributed by atoms with van der Waals surface area (Å²) in [5.74, 6) is -1.08. The lowest BCUT2D eigenvalue weighted by Gasteiger charge is -2.53. The number of allylic oxidation sites excluding steroid dienone is 1. The van der Waals surface area contributed by atoms with Gasteiger partial charge in [-0.2, -0.15) is 0 Å². The molecule has 0 amide bonds. The average Bonchev–Trinajstić information content (AvgIpc) is 3.02. The highest BCUT2D eigenvalue weighted by molar-refractivity contribution is 5.99. The number of carbonyl (C=O) groups is 3. The first-order valence-corrected chi connectivity index (χ1v) is 10.3. The van der Waals surface area contributed by atoms with Gasteiger partial charge in [0.1, 0.15) is 12.2 Å². The third-order valence-corrected chi connectivity index (χ3v) is 6.81. The maximum absolute atomic E-state index is 13.3. The molecule has 1 saturated carbocycles. The summed E-state index contributed by atoms with van der Waals surface area (Å²) in [6.45, 7) is 11.1. The van der Waals surface area contributed by atoms with Gasteiger partial charge in [0, 0.05) is 29.9 Å². The zero-order valence-corrected chi connectivity index (χ0v) is 18.0. The fourth-order valence-electron chi connectivity index (χ4n) is 4.84. The summed E-state index contributed by atoms with van der Waals surface area (Å²) in [7, 11) is 0. The lowest BCUT2D eigenvalue weighted by Crippen LogP contribution is -2.53. The number of Topliss-reactive ketones (excluding diaryl/α,β-unsaturated/α-hetero) is 1. The van der Waals surface area contributed by atoms with Crippen LogP contribution in [0.5, 0.6) is 0 Å². The van der Waals surface area contributed by atoms with Crippen LogP contribution in [0.1, 0.15) is 81.7 Å². The number of ketones is 1. The fourth-order valence-corrected chi connectivity index (χ4v) is 4.84. The SMILES string of the molecule is CCC(C)=CC(=O)OC1c2c(C)coc2C(=O)C2CC(OC(C)=O)CC(C)C21C. The molecule has 2 aliphatic rings. The predicted molar refractivity (Wildman–Crippen MR) is 106 cm³/mol. The van der Waals surface area contributed by atoms with Crippen LogP contribution in [0.4, 0.5) is 0 Å². The van der Waals surface area contributed by atoms with Crippen molar-refractivity contribution in [3.63, 3.8) is 0 Å². The molecule has 3 rings (SSSR count). The Morgan fingerprint density at radius 3 is 2.59 bits per heavy atom. The Morgan fingerprint density at radius 2 is 1.97 bits per heavy atom. The van der Waals surface area contributed by atoms with E-state index in [1.54, 1.807) is 6.26 Å². The zero-order valence-electron chi connectivity index (χ0n) is 18.0. The Kier molecular flexibility index (Phi) is 5.74. The fraction of sp³-hybridized carbons (Fsp3) is 0.609. The van der Waals surface area contributed by atoms with Gasteiger partial charge in [-0.15, -0.1) is 0 Å². The van der Waals surface area contributed by atoms with Crippen molar-refractivity contribution in [2.24, 2.45) is 17.3 Å². The van der Waals surface area contributed by atoms with Crippen LogP contribution in [-0.2, 0) is 19.1 Å². The minimum Gasteiger partial charge on any atom is -0.463 e. The Morgan fingerprint density at radius 1 is 1.28 bits per heavy atom.